The Hall–Kier alpha value is -2.21. The Morgan fingerprint density at radius 3 is 2.56 bits per heavy atom. The van der Waals surface area contributed by atoms with Gasteiger partial charge in [0, 0.05) is 17.5 Å². The van der Waals surface area contributed by atoms with Crippen molar-refractivity contribution >= 4 is 5.91 Å². The van der Waals surface area contributed by atoms with E-state index >= 15 is 0 Å². The second-order valence-corrected chi connectivity index (χ2v) is 7.08. The highest BCUT2D eigenvalue weighted by Gasteiger charge is 2.26. The van der Waals surface area contributed by atoms with Crippen LogP contribution in [0.15, 0.2) is 28.7 Å². The van der Waals surface area contributed by atoms with E-state index in [0.717, 1.165) is 31.5 Å². The molecule has 0 aliphatic carbocycles. The van der Waals surface area contributed by atoms with Gasteiger partial charge in [0.15, 0.2) is 0 Å². The maximum atomic E-state index is 12.1. The van der Waals surface area contributed by atoms with Crippen molar-refractivity contribution in [1.29, 1.82) is 0 Å². The first-order chi connectivity index (χ1) is 12.0. The molecule has 25 heavy (non-hydrogen) atoms. The number of hydrogen-bond donors (Lipinski definition) is 1. The second-order valence-electron chi connectivity index (χ2n) is 7.08. The monoisotopic (exact) mass is 342 g/mol. The highest BCUT2D eigenvalue weighted by atomic mass is 16.4. The Morgan fingerprint density at radius 1 is 1.24 bits per heavy atom. The number of rotatable bonds is 5. The van der Waals surface area contributed by atoms with Crippen molar-refractivity contribution < 1.29 is 9.21 Å². The summed E-state index contributed by atoms with van der Waals surface area (Å²) in [5.41, 5.74) is 2.14. The molecule has 6 nitrogen and oxygen atoms in total. The van der Waals surface area contributed by atoms with Gasteiger partial charge < -0.3 is 9.73 Å². The number of likely N-dealkylation sites (tertiary alicyclic amines) is 1. The number of nitrogens with zero attached hydrogens (tertiary/aromatic N) is 3. The van der Waals surface area contributed by atoms with Gasteiger partial charge in [-0.25, -0.2) is 0 Å². The number of benzene rings is 1. The molecular formula is C19H26N4O2. The molecule has 0 spiro atoms. The van der Waals surface area contributed by atoms with Crippen LogP contribution in [-0.4, -0.2) is 40.1 Å². The van der Waals surface area contributed by atoms with Crippen molar-refractivity contribution in [2.75, 3.05) is 13.1 Å². The number of aromatic nitrogens is 2. The molecule has 1 saturated heterocycles. The Balaban J connectivity index is 1.53. The molecule has 134 valence electrons. The third-order valence-corrected chi connectivity index (χ3v) is 4.51. The van der Waals surface area contributed by atoms with Gasteiger partial charge >= 0.3 is 0 Å². The minimum absolute atomic E-state index is 0.115. The van der Waals surface area contributed by atoms with E-state index in [1.165, 1.54) is 5.56 Å². The second kappa shape index (κ2) is 7.78. The lowest BCUT2D eigenvalue weighted by Gasteiger charge is -2.30. The first-order valence-corrected chi connectivity index (χ1v) is 8.93. The summed E-state index contributed by atoms with van der Waals surface area (Å²) in [6.07, 6.45) is 1.75. The molecule has 0 bridgehead atoms. The molecule has 0 unspecified atom stereocenters. The average molecular weight is 342 g/mol. The van der Waals surface area contributed by atoms with E-state index in [2.05, 4.69) is 20.4 Å². The highest BCUT2D eigenvalue weighted by molar-refractivity contribution is 5.78. The van der Waals surface area contributed by atoms with Gasteiger partial charge in [0.25, 0.3) is 0 Å². The molecule has 0 saturated carbocycles. The first-order valence-electron chi connectivity index (χ1n) is 8.93. The van der Waals surface area contributed by atoms with Crippen LogP contribution in [0.2, 0.25) is 0 Å². The smallest absolute Gasteiger partial charge is 0.247 e. The minimum atomic E-state index is 0.115. The first kappa shape index (κ1) is 17.6. The number of carbonyl (C=O) groups excluding carboxylic acids is 1. The van der Waals surface area contributed by atoms with Crippen molar-refractivity contribution in [2.24, 2.45) is 5.92 Å². The van der Waals surface area contributed by atoms with E-state index in [0.29, 0.717) is 18.3 Å². The summed E-state index contributed by atoms with van der Waals surface area (Å²) in [7, 11) is 0. The van der Waals surface area contributed by atoms with Crippen LogP contribution in [0.5, 0.6) is 0 Å². The lowest BCUT2D eigenvalue weighted by Crippen LogP contribution is -2.42. The van der Waals surface area contributed by atoms with Crippen LogP contribution in [0.3, 0.4) is 0 Å². The van der Waals surface area contributed by atoms with Gasteiger partial charge in [-0.1, -0.05) is 17.7 Å². The third-order valence-electron chi connectivity index (χ3n) is 4.51. The zero-order chi connectivity index (χ0) is 17.8. The summed E-state index contributed by atoms with van der Waals surface area (Å²) in [6.45, 7) is 8.42. The molecule has 1 aliphatic heterocycles. The maximum absolute atomic E-state index is 12.1. The van der Waals surface area contributed by atoms with Gasteiger partial charge in [-0.2, -0.15) is 0 Å². The Kier molecular flexibility index (Phi) is 5.48. The number of nitrogens with one attached hydrogen (secondary N) is 1. The topological polar surface area (TPSA) is 71.3 Å². The average Bonchev–Trinajstić information content (AvgIpc) is 3.04. The molecule has 1 aromatic carbocycles. The standard InChI is InChI=1S/C19H26N4O2/c1-13(2)20-18(24)15-8-10-23(11-9-15)12-17-21-22-19(25-17)16-6-4-14(3)5-7-16/h4-7,13,15H,8-12H2,1-3H3,(H,20,24). The molecule has 1 N–H and O–H groups in total. The van der Waals surface area contributed by atoms with E-state index < -0.39 is 0 Å². The van der Waals surface area contributed by atoms with Crippen LogP contribution in [0.4, 0.5) is 0 Å². The van der Waals surface area contributed by atoms with E-state index in [-0.39, 0.29) is 17.9 Å². The largest absolute Gasteiger partial charge is 0.419 e. The van der Waals surface area contributed by atoms with Gasteiger partial charge in [-0.15, -0.1) is 10.2 Å². The summed E-state index contributed by atoms with van der Waals surface area (Å²) in [5.74, 6) is 1.47. The van der Waals surface area contributed by atoms with Crippen molar-refractivity contribution in [3.63, 3.8) is 0 Å². The fourth-order valence-electron chi connectivity index (χ4n) is 3.08. The van der Waals surface area contributed by atoms with Gasteiger partial charge in [0.1, 0.15) is 0 Å². The maximum Gasteiger partial charge on any atom is 0.247 e. The zero-order valence-corrected chi connectivity index (χ0v) is 15.2. The molecule has 1 fully saturated rings. The number of carbonyl (C=O) groups is 1. The summed E-state index contributed by atoms with van der Waals surface area (Å²) >= 11 is 0. The minimum Gasteiger partial charge on any atom is -0.419 e. The molecule has 6 heteroatoms. The molecule has 2 aromatic rings. The number of aryl methyl sites for hydroxylation is 1. The highest BCUT2D eigenvalue weighted by Crippen LogP contribution is 2.22. The lowest BCUT2D eigenvalue weighted by atomic mass is 9.95. The van der Waals surface area contributed by atoms with Crippen molar-refractivity contribution in [2.45, 2.75) is 46.2 Å². The van der Waals surface area contributed by atoms with Gasteiger partial charge in [-0.3, -0.25) is 9.69 Å². The molecular weight excluding hydrogens is 316 g/mol. The van der Waals surface area contributed by atoms with E-state index in [9.17, 15) is 4.79 Å². The zero-order valence-electron chi connectivity index (χ0n) is 15.2. The summed E-state index contributed by atoms with van der Waals surface area (Å²) in [6, 6.07) is 8.25. The molecule has 2 heterocycles. The van der Waals surface area contributed by atoms with E-state index in [1.807, 2.05) is 45.0 Å². The fraction of sp³-hybridized carbons (Fsp3) is 0.526. The van der Waals surface area contributed by atoms with Gasteiger partial charge in [-0.05, 0) is 58.8 Å². The molecule has 1 amide bonds. The predicted octanol–water partition coefficient (Wildman–Crippen LogP) is 2.78. The predicted molar refractivity (Wildman–Crippen MR) is 95.8 cm³/mol. The van der Waals surface area contributed by atoms with Crippen LogP contribution in [-0.2, 0) is 11.3 Å². The van der Waals surface area contributed by atoms with Crippen molar-refractivity contribution in [1.82, 2.24) is 20.4 Å². The molecule has 1 aromatic heterocycles. The van der Waals surface area contributed by atoms with Crippen molar-refractivity contribution in [3.8, 4) is 11.5 Å². The summed E-state index contributed by atoms with van der Waals surface area (Å²) in [5, 5.41) is 11.3. The normalized spacial score (nSPS) is 16.3. The van der Waals surface area contributed by atoms with Crippen LogP contribution in [0.1, 0.15) is 38.1 Å². The van der Waals surface area contributed by atoms with Gasteiger partial charge in [0.05, 0.1) is 6.54 Å². The van der Waals surface area contributed by atoms with Crippen LogP contribution < -0.4 is 5.32 Å². The Bertz CT molecular complexity index is 700. The Morgan fingerprint density at radius 2 is 1.92 bits per heavy atom. The lowest BCUT2D eigenvalue weighted by molar-refractivity contribution is -0.127. The van der Waals surface area contributed by atoms with Gasteiger partial charge in [0.2, 0.25) is 17.7 Å². The van der Waals surface area contributed by atoms with E-state index in [4.69, 9.17) is 4.42 Å². The van der Waals surface area contributed by atoms with Crippen LogP contribution in [0, 0.1) is 12.8 Å². The molecule has 0 radical (unpaired) electrons. The third kappa shape index (κ3) is 4.66. The molecule has 1 aliphatic rings. The SMILES string of the molecule is Cc1ccc(-c2nnc(CN3CCC(C(=O)NC(C)C)CC3)o2)cc1. The summed E-state index contributed by atoms with van der Waals surface area (Å²) < 4.78 is 5.80. The van der Waals surface area contributed by atoms with Crippen LogP contribution in [0.25, 0.3) is 11.5 Å². The number of amides is 1. The summed E-state index contributed by atoms with van der Waals surface area (Å²) in [4.78, 5) is 14.4. The fourth-order valence-corrected chi connectivity index (χ4v) is 3.08. The quantitative estimate of drug-likeness (QED) is 0.905. The van der Waals surface area contributed by atoms with E-state index in [1.54, 1.807) is 0 Å². The van der Waals surface area contributed by atoms with Crippen LogP contribution >= 0.6 is 0 Å². The molecule has 0 atom stereocenters. The number of piperidine rings is 1. The Labute approximate surface area is 148 Å². The molecule has 3 rings (SSSR count). The number of hydrogen-bond acceptors (Lipinski definition) is 5. The van der Waals surface area contributed by atoms with Crippen molar-refractivity contribution in [3.05, 3.63) is 35.7 Å².